The summed E-state index contributed by atoms with van der Waals surface area (Å²) in [6.07, 6.45) is 2.32. The number of carboxylic acid groups (broad SMARTS) is 1. The van der Waals surface area contributed by atoms with Crippen molar-refractivity contribution < 1.29 is 14.6 Å². The van der Waals surface area contributed by atoms with Crippen LogP contribution in [0.4, 0.5) is 11.4 Å². The second-order valence-corrected chi connectivity index (χ2v) is 4.82. The molecule has 0 amide bonds. The van der Waals surface area contributed by atoms with Crippen molar-refractivity contribution in [2.24, 2.45) is 0 Å². The van der Waals surface area contributed by atoms with Gasteiger partial charge in [-0.1, -0.05) is 6.07 Å². The molecule has 3 fully saturated rings. The van der Waals surface area contributed by atoms with E-state index in [4.69, 9.17) is 15.6 Å². The first-order valence-electron chi connectivity index (χ1n) is 5.61. The van der Waals surface area contributed by atoms with Crippen molar-refractivity contribution in [3.05, 3.63) is 23.8 Å². The highest BCUT2D eigenvalue weighted by Crippen LogP contribution is 2.45. The molecular weight excluding hydrogens is 220 g/mol. The lowest BCUT2D eigenvalue weighted by atomic mass is 9.78. The summed E-state index contributed by atoms with van der Waals surface area (Å²) in [6.45, 7) is 0.675. The smallest absolute Gasteiger partial charge is 0.337 e. The van der Waals surface area contributed by atoms with E-state index >= 15 is 0 Å². The number of anilines is 2. The highest BCUT2D eigenvalue weighted by Gasteiger charge is 2.52. The highest BCUT2D eigenvalue weighted by molar-refractivity contribution is 5.97. The van der Waals surface area contributed by atoms with Gasteiger partial charge in [0.1, 0.15) is 0 Å². The van der Waals surface area contributed by atoms with E-state index in [1.165, 1.54) is 6.07 Å². The Balaban J connectivity index is 1.88. The Labute approximate surface area is 98.6 Å². The van der Waals surface area contributed by atoms with Crippen LogP contribution in [-0.2, 0) is 4.74 Å². The molecule has 90 valence electrons. The van der Waals surface area contributed by atoms with Gasteiger partial charge in [0.05, 0.1) is 35.2 Å². The van der Waals surface area contributed by atoms with Crippen LogP contribution >= 0.6 is 0 Å². The van der Waals surface area contributed by atoms with Crippen LogP contribution < -0.4 is 11.1 Å². The van der Waals surface area contributed by atoms with Gasteiger partial charge in [-0.05, 0) is 25.0 Å². The molecule has 0 spiro atoms. The van der Waals surface area contributed by atoms with Crippen LogP contribution in [0.3, 0.4) is 0 Å². The summed E-state index contributed by atoms with van der Waals surface area (Å²) in [6, 6.07) is 5.02. The third kappa shape index (κ3) is 1.54. The molecule has 2 heterocycles. The van der Waals surface area contributed by atoms with Crippen molar-refractivity contribution in [3.8, 4) is 0 Å². The minimum atomic E-state index is -1.00. The first-order valence-corrected chi connectivity index (χ1v) is 5.61. The van der Waals surface area contributed by atoms with Crippen molar-refractivity contribution in [2.45, 2.75) is 24.5 Å². The molecule has 0 atom stereocenters. The van der Waals surface area contributed by atoms with Crippen molar-refractivity contribution in [1.29, 1.82) is 0 Å². The molecule has 0 aromatic heterocycles. The molecule has 1 aromatic rings. The Kier molecular flexibility index (Phi) is 2.06. The van der Waals surface area contributed by atoms with Gasteiger partial charge in [0, 0.05) is 0 Å². The minimum absolute atomic E-state index is 0.0318. The molecule has 1 aliphatic carbocycles. The van der Waals surface area contributed by atoms with E-state index in [9.17, 15) is 4.79 Å². The number of carboxylic acids is 1. The average molecular weight is 234 g/mol. The number of aromatic carboxylic acids is 1. The summed E-state index contributed by atoms with van der Waals surface area (Å²) in [5.41, 5.74) is 6.95. The number of para-hydroxylation sites is 1. The summed E-state index contributed by atoms with van der Waals surface area (Å²) in [5.74, 6) is -1.00. The molecule has 0 radical (unpaired) electrons. The highest BCUT2D eigenvalue weighted by atomic mass is 16.5. The molecule has 1 saturated carbocycles. The number of ether oxygens (including phenoxy) is 1. The normalized spacial score (nSPS) is 29.8. The van der Waals surface area contributed by atoms with E-state index in [2.05, 4.69) is 5.32 Å². The zero-order valence-electron chi connectivity index (χ0n) is 9.27. The minimum Gasteiger partial charge on any atom is -0.478 e. The van der Waals surface area contributed by atoms with Gasteiger partial charge >= 0.3 is 5.97 Å². The van der Waals surface area contributed by atoms with Crippen LogP contribution in [0.1, 0.15) is 23.2 Å². The van der Waals surface area contributed by atoms with Gasteiger partial charge in [-0.15, -0.1) is 0 Å². The summed E-state index contributed by atoms with van der Waals surface area (Å²) < 4.78 is 5.50. The third-order valence-electron chi connectivity index (χ3n) is 3.57. The fourth-order valence-electron chi connectivity index (χ4n) is 2.61. The second-order valence-electron chi connectivity index (χ2n) is 4.82. The van der Waals surface area contributed by atoms with Crippen LogP contribution in [0.5, 0.6) is 0 Å². The van der Waals surface area contributed by atoms with Gasteiger partial charge in [-0.25, -0.2) is 4.79 Å². The molecular formula is C12H14N2O3. The Morgan fingerprint density at radius 3 is 2.88 bits per heavy atom. The predicted molar refractivity (Wildman–Crippen MR) is 63.1 cm³/mol. The van der Waals surface area contributed by atoms with Crippen LogP contribution in [0.15, 0.2) is 18.2 Å². The van der Waals surface area contributed by atoms with E-state index in [1.807, 2.05) is 6.07 Å². The Morgan fingerprint density at radius 1 is 1.53 bits per heavy atom. The number of fused-ring (bicyclic) bond motifs is 1. The fourth-order valence-corrected chi connectivity index (χ4v) is 2.61. The first-order chi connectivity index (χ1) is 8.10. The number of nitrogen functional groups attached to an aromatic ring is 1. The zero-order valence-corrected chi connectivity index (χ0v) is 9.27. The van der Waals surface area contributed by atoms with Crippen LogP contribution in [0.2, 0.25) is 0 Å². The van der Waals surface area contributed by atoms with Gasteiger partial charge in [0.25, 0.3) is 0 Å². The van der Waals surface area contributed by atoms with Crippen molar-refractivity contribution in [2.75, 3.05) is 17.7 Å². The molecule has 2 saturated heterocycles. The summed E-state index contributed by atoms with van der Waals surface area (Å²) in [4.78, 5) is 11.0. The topological polar surface area (TPSA) is 84.6 Å². The Bertz CT molecular complexity index is 475. The van der Waals surface area contributed by atoms with E-state index in [0.29, 0.717) is 24.1 Å². The predicted octanol–water partition coefficient (Wildman–Crippen LogP) is 1.31. The molecule has 5 nitrogen and oxygen atoms in total. The average Bonchev–Trinajstić information content (AvgIpc) is 2.80. The van der Waals surface area contributed by atoms with Crippen molar-refractivity contribution in [1.82, 2.24) is 0 Å². The van der Waals surface area contributed by atoms with Gasteiger partial charge in [0.15, 0.2) is 0 Å². The van der Waals surface area contributed by atoms with Crippen molar-refractivity contribution >= 4 is 17.3 Å². The Hall–Kier alpha value is -1.75. The molecule has 3 aliphatic rings. The lowest BCUT2D eigenvalue weighted by molar-refractivity contribution is 0.0698. The van der Waals surface area contributed by atoms with Gasteiger partial charge in [-0.3, -0.25) is 0 Å². The summed E-state index contributed by atoms with van der Waals surface area (Å²) >= 11 is 0. The van der Waals surface area contributed by atoms with E-state index in [-0.39, 0.29) is 11.1 Å². The molecule has 2 aliphatic heterocycles. The van der Waals surface area contributed by atoms with Gasteiger partial charge in [0.2, 0.25) is 0 Å². The van der Waals surface area contributed by atoms with Gasteiger partial charge in [-0.2, -0.15) is 0 Å². The largest absolute Gasteiger partial charge is 0.478 e. The van der Waals surface area contributed by atoms with E-state index < -0.39 is 5.97 Å². The maximum atomic E-state index is 11.0. The third-order valence-corrected chi connectivity index (χ3v) is 3.57. The van der Waals surface area contributed by atoms with Crippen LogP contribution in [0, 0.1) is 0 Å². The first kappa shape index (κ1) is 10.4. The van der Waals surface area contributed by atoms with Crippen LogP contribution in [-0.4, -0.2) is 29.3 Å². The molecule has 2 bridgehead atoms. The number of nitrogens with one attached hydrogen (secondary N) is 1. The standard InChI is InChI=1S/C12H14N2O3/c13-10-8(11(15)16)2-1-3-9(10)14-12-4-7(5-12)17-6-12/h1-3,7,14H,4-6,13H2,(H,15,16). The number of carbonyl (C=O) groups is 1. The lowest BCUT2D eigenvalue weighted by Gasteiger charge is -2.37. The van der Waals surface area contributed by atoms with E-state index in [1.54, 1.807) is 6.07 Å². The van der Waals surface area contributed by atoms with Crippen LogP contribution in [0.25, 0.3) is 0 Å². The summed E-state index contributed by atoms with van der Waals surface area (Å²) in [7, 11) is 0. The zero-order chi connectivity index (χ0) is 12.0. The van der Waals surface area contributed by atoms with Crippen molar-refractivity contribution in [3.63, 3.8) is 0 Å². The monoisotopic (exact) mass is 234 g/mol. The maximum absolute atomic E-state index is 11.0. The SMILES string of the molecule is Nc1c(NC23COC(C2)C3)cccc1C(=O)O. The Morgan fingerprint density at radius 2 is 2.29 bits per heavy atom. The second kappa shape index (κ2) is 3.37. The lowest BCUT2D eigenvalue weighted by Crippen LogP contribution is -2.47. The van der Waals surface area contributed by atoms with Gasteiger partial charge < -0.3 is 20.9 Å². The number of hydrogen-bond acceptors (Lipinski definition) is 4. The number of nitrogens with two attached hydrogens (primary N) is 1. The quantitative estimate of drug-likeness (QED) is 0.687. The molecule has 5 heteroatoms. The number of rotatable bonds is 3. The molecule has 0 unspecified atom stereocenters. The molecule has 1 aromatic carbocycles. The number of hydrogen-bond donors (Lipinski definition) is 3. The van der Waals surface area contributed by atoms with E-state index in [0.717, 1.165) is 12.8 Å². The summed E-state index contributed by atoms with van der Waals surface area (Å²) in [5, 5.41) is 12.3. The molecule has 4 rings (SSSR count). The number of benzene rings is 1. The molecule has 4 N–H and O–H groups in total. The fraction of sp³-hybridized carbons (Fsp3) is 0.417. The maximum Gasteiger partial charge on any atom is 0.337 e. The molecule has 17 heavy (non-hydrogen) atoms.